The zero-order chi connectivity index (χ0) is 16.4. The van der Waals surface area contributed by atoms with Crippen LogP contribution >= 0.6 is 0 Å². The zero-order valence-electron chi connectivity index (χ0n) is 14.1. The molecule has 0 saturated carbocycles. The second-order valence-corrected chi connectivity index (χ2v) is 7.15. The van der Waals surface area contributed by atoms with Crippen molar-refractivity contribution in [2.45, 2.75) is 44.4 Å². The van der Waals surface area contributed by atoms with Crippen molar-refractivity contribution in [2.75, 3.05) is 26.2 Å². The summed E-state index contributed by atoms with van der Waals surface area (Å²) in [6.07, 6.45) is 3.89. The van der Waals surface area contributed by atoms with Gasteiger partial charge in [-0.05, 0) is 43.7 Å². The molecule has 1 amide bonds. The van der Waals surface area contributed by atoms with Crippen LogP contribution in [0.2, 0.25) is 0 Å². The summed E-state index contributed by atoms with van der Waals surface area (Å²) in [5.74, 6) is 0.537. The van der Waals surface area contributed by atoms with Gasteiger partial charge < -0.3 is 4.74 Å². The van der Waals surface area contributed by atoms with Crippen molar-refractivity contribution >= 4 is 5.91 Å². The average molecular weight is 330 g/mol. The molecule has 3 saturated heterocycles. The van der Waals surface area contributed by atoms with Gasteiger partial charge in [0.2, 0.25) is 0 Å². The van der Waals surface area contributed by atoms with Gasteiger partial charge in [-0.3, -0.25) is 14.5 Å². The molecule has 0 N–H and O–H groups in total. The van der Waals surface area contributed by atoms with E-state index in [1.807, 2.05) is 0 Å². The molecule has 3 fully saturated rings. The van der Waals surface area contributed by atoms with Crippen LogP contribution in [0.5, 0.6) is 0 Å². The second kappa shape index (κ2) is 7.21. The molecule has 1 aromatic carbocycles. The number of piperidine rings is 1. The van der Waals surface area contributed by atoms with E-state index >= 15 is 0 Å². The predicted molar refractivity (Wildman–Crippen MR) is 90.0 cm³/mol. The van der Waals surface area contributed by atoms with E-state index in [1.165, 1.54) is 10.6 Å². The Morgan fingerprint density at radius 2 is 2.04 bits per heavy atom. The van der Waals surface area contributed by atoms with E-state index in [1.54, 1.807) is 0 Å². The molecule has 0 aliphatic carbocycles. The van der Waals surface area contributed by atoms with E-state index in [4.69, 9.17) is 9.57 Å². The van der Waals surface area contributed by atoms with Gasteiger partial charge in [0.15, 0.2) is 0 Å². The lowest BCUT2D eigenvalue weighted by atomic mass is 9.91. The van der Waals surface area contributed by atoms with E-state index in [9.17, 15) is 4.79 Å². The number of fused-ring (bicyclic) bond motifs is 1. The summed E-state index contributed by atoms with van der Waals surface area (Å²) in [5.41, 5.74) is 1.34. The molecule has 3 atom stereocenters. The monoisotopic (exact) mass is 330 g/mol. The van der Waals surface area contributed by atoms with Crippen LogP contribution in [0.3, 0.4) is 0 Å². The van der Waals surface area contributed by atoms with Crippen molar-refractivity contribution in [2.24, 2.45) is 5.92 Å². The molecule has 130 valence electrons. The molecule has 0 bridgehead atoms. The number of amides is 1. The van der Waals surface area contributed by atoms with E-state index in [2.05, 4.69) is 35.2 Å². The van der Waals surface area contributed by atoms with Gasteiger partial charge in [0.1, 0.15) is 6.10 Å². The Hall–Kier alpha value is -1.43. The topological polar surface area (TPSA) is 42.0 Å². The standard InChI is InChI=1S/C19H26N2O3/c22-19(21-9-4-5-11-23-21)17-12-16-8-10-20(14-18(16)24-17)13-15-6-2-1-3-7-15/h1-3,6-7,16-18H,4-5,8-14H2/t16-,17+,18+/m0/s1. The van der Waals surface area contributed by atoms with Gasteiger partial charge in [0.05, 0.1) is 12.7 Å². The molecule has 24 heavy (non-hydrogen) atoms. The van der Waals surface area contributed by atoms with E-state index < -0.39 is 0 Å². The highest BCUT2D eigenvalue weighted by Crippen LogP contribution is 2.34. The maximum Gasteiger partial charge on any atom is 0.275 e. The number of carbonyl (C=O) groups is 1. The van der Waals surface area contributed by atoms with Crippen LogP contribution in [0.15, 0.2) is 30.3 Å². The molecule has 1 aromatic rings. The highest BCUT2D eigenvalue weighted by atomic mass is 16.7. The number of nitrogens with zero attached hydrogens (tertiary/aromatic N) is 2. The summed E-state index contributed by atoms with van der Waals surface area (Å²) >= 11 is 0. The Labute approximate surface area is 143 Å². The van der Waals surface area contributed by atoms with Crippen molar-refractivity contribution in [1.82, 2.24) is 9.96 Å². The third kappa shape index (κ3) is 3.48. The Balaban J connectivity index is 1.33. The Morgan fingerprint density at radius 1 is 1.17 bits per heavy atom. The van der Waals surface area contributed by atoms with Gasteiger partial charge in [-0.25, -0.2) is 5.06 Å². The number of hydroxylamine groups is 2. The summed E-state index contributed by atoms with van der Waals surface area (Å²) in [4.78, 5) is 20.5. The van der Waals surface area contributed by atoms with Gasteiger partial charge in [0.25, 0.3) is 5.91 Å². The number of hydrogen-bond donors (Lipinski definition) is 0. The van der Waals surface area contributed by atoms with Crippen LogP contribution in [0.1, 0.15) is 31.2 Å². The number of carbonyl (C=O) groups excluding carboxylic acids is 1. The van der Waals surface area contributed by atoms with Crippen LogP contribution in [0.4, 0.5) is 0 Å². The molecule has 0 aromatic heterocycles. The minimum absolute atomic E-state index is 0.0266. The Bertz CT molecular complexity index is 559. The molecule has 5 heteroatoms. The second-order valence-electron chi connectivity index (χ2n) is 7.15. The average Bonchev–Trinajstić information content (AvgIpc) is 3.06. The molecule has 3 heterocycles. The lowest BCUT2D eigenvalue weighted by Crippen LogP contribution is -2.43. The van der Waals surface area contributed by atoms with E-state index in [0.29, 0.717) is 19.1 Å². The van der Waals surface area contributed by atoms with Gasteiger partial charge in [0, 0.05) is 19.6 Å². The molecule has 0 spiro atoms. The minimum Gasteiger partial charge on any atom is -0.363 e. The third-order valence-electron chi connectivity index (χ3n) is 5.41. The fourth-order valence-electron chi connectivity index (χ4n) is 4.07. The number of hydrogen-bond acceptors (Lipinski definition) is 4. The molecule has 4 rings (SSSR count). The Morgan fingerprint density at radius 3 is 2.83 bits per heavy atom. The summed E-state index contributed by atoms with van der Waals surface area (Å²) in [5, 5.41) is 1.53. The summed E-state index contributed by atoms with van der Waals surface area (Å²) < 4.78 is 6.14. The van der Waals surface area contributed by atoms with Crippen molar-refractivity contribution < 1.29 is 14.4 Å². The van der Waals surface area contributed by atoms with Crippen molar-refractivity contribution in [3.05, 3.63) is 35.9 Å². The number of benzene rings is 1. The minimum atomic E-state index is -0.310. The SMILES string of the molecule is O=C([C@H]1C[C@@H]2CCN(Cc3ccccc3)C[C@H]2O1)N1CCCCO1. The molecule has 0 radical (unpaired) electrons. The first-order valence-corrected chi connectivity index (χ1v) is 9.15. The number of rotatable bonds is 3. The number of ether oxygens (including phenoxy) is 1. The highest BCUT2D eigenvalue weighted by Gasteiger charge is 2.43. The first kappa shape index (κ1) is 16.1. The lowest BCUT2D eigenvalue weighted by Gasteiger charge is -2.34. The largest absolute Gasteiger partial charge is 0.363 e. The molecule has 5 nitrogen and oxygen atoms in total. The van der Waals surface area contributed by atoms with Crippen LogP contribution in [0, 0.1) is 5.92 Å². The molecular weight excluding hydrogens is 304 g/mol. The molecule has 0 unspecified atom stereocenters. The van der Waals surface area contributed by atoms with Crippen molar-refractivity contribution in [3.63, 3.8) is 0 Å². The van der Waals surface area contributed by atoms with E-state index in [-0.39, 0.29) is 18.1 Å². The van der Waals surface area contributed by atoms with Crippen LogP contribution in [-0.2, 0) is 20.9 Å². The predicted octanol–water partition coefficient (Wildman–Crippen LogP) is 2.22. The molecule has 3 aliphatic rings. The van der Waals surface area contributed by atoms with Crippen LogP contribution in [-0.4, -0.2) is 54.3 Å². The van der Waals surface area contributed by atoms with Crippen molar-refractivity contribution in [3.8, 4) is 0 Å². The smallest absolute Gasteiger partial charge is 0.275 e. The quantitative estimate of drug-likeness (QED) is 0.852. The van der Waals surface area contributed by atoms with Gasteiger partial charge in [-0.2, -0.15) is 0 Å². The van der Waals surface area contributed by atoms with Crippen LogP contribution in [0.25, 0.3) is 0 Å². The Kier molecular flexibility index (Phi) is 4.83. The van der Waals surface area contributed by atoms with Crippen molar-refractivity contribution in [1.29, 1.82) is 0 Å². The van der Waals surface area contributed by atoms with Crippen LogP contribution < -0.4 is 0 Å². The first-order chi connectivity index (χ1) is 11.8. The number of likely N-dealkylation sites (tertiary alicyclic amines) is 1. The normalized spacial score (nSPS) is 31.0. The zero-order valence-corrected chi connectivity index (χ0v) is 14.1. The maximum atomic E-state index is 12.6. The summed E-state index contributed by atoms with van der Waals surface area (Å²) in [6, 6.07) is 10.6. The summed E-state index contributed by atoms with van der Waals surface area (Å²) in [7, 11) is 0. The van der Waals surface area contributed by atoms with Gasteiger partial charge in [-0.15, -0.1) is 0 Å². The maximum absolute atomic E-state index is 12.6. The fourth-order valence-corrected chi connectivity index (χ4v) is 4.07. The first-order valence-electron chi connectivity index (χ1n) is 9.15. The fraction of sp³-hybridized carbons (Fsp3) is 0.632. The van der Waals surface area contributed by atoms with E-state index in [0.717, 1.165) is 45.3 Å². The van der Waals surface area contributed by atoms with Gasteiger partial charge >= 0.3 is 0 Å². The lowest BCUT2D eigenvalue weighted by molar-refractivity contribution is -0.206. The molecule has 3 aliphatic heterocycles. The molecular formula is C19H26N2O3. The third-order valence-corrected chi connectivity index (χ3v) is 5.41. The van der Waals surface area contributed by atoms with Gasteiger partial charge in [-0.1, -0.05) is 30.3 Å². The highest BCUT2D eigenvalue weighted by molar-refractivity contribution is 5.80. The summed E-state index contributed by atoms with van der Waals surface area (Å²) in [6.45, 7) is 4.32.